The van der Waals surface area contributed by atoms with Gasteiger partial charge in [0.05, 0.1) is 29.6 Å². The average molecular weight is 312 g/mol. The van der Waals surface area contributed by atoms with E-state index in [1.165, 1.54) is 4.31 Å². The fraction of sp³-hybridized carbons (Fsp3) is 0.118. The lowest BCUT2D eigenvalue weighted by atomic mass is 10.1. The Bertz CT molecular complexity index is 776. The predicted octanol–water partition coefficient (Wildman–Crippen LogP) is 3.13. The fourth-order valence-corrected chi connectivity index (χ4v) is 3.51. The van der Waals surface area contributed by atoms with Crippen molar-refractivity contribution < 1.29 is 8.42 Å². The van der Waals surface area contributed by atoms with Crippen molar-refractivity contribution in [1.82, 2.24) is 0 Å². The van der Waals surface area contributed by atoms with E-state index >= 15 is 0 Å². The molecule has 0 spiro atoms. The largest absolute Gasteiger partial charge is 0.264 e. The van der Waals surface area contributed by atoms with Crippen molar-refractivity contribution in [2.75, 3.05) is 10.8 Å². The summed E-state index contributed by atoms with van der Waals surface area (Å²) < 4.78 is 26.8. The van der Waals surface area contributed by atoms with Crippen molar-refractivity contribution in [2.24, 2.45) is 0 Å². The quantitative estimate of drug-likeness (QED) is 0.770. The lowest BCUT2D eigenvalue weighted by molar-refractivity contribution is 0.593. The van der Waals surface area contributed by atoms with E-state index in [0.29, 0.717) is 12.1 Å². The molecule has 0 saturated carbocycles. The predicted molar refractivity (Wildman–Crippen MR) is 86.9 cm³/mol. The molecule has 0 aliphatic rings. The van der Waals surface area contributed by atoms with E-state index < -0.39 is 10.0 Å². The normalized spacial score (nSPS) is 10.7. The van der Waals surface area contributed by atoms with Gasteiger partial charge in [-0.05, 0) is 29.8 Å². The number of nitrogens with zero attached hydrogens (tertiary/aromatic N) is 2. The minimum Gasteiger partial charge on any atom is -0.263 e. The minimum atomic E-state index is -3.64. The van der Waals surface area contributed by atoms with Gasteiger partial charge in [-0.2, -0.15) is 5.26 Å². The number of hydrogen-bond acceptors (Lipinski definition) is 3. The summed E-state index contributed by atoms with van der Waals surface area (Å²) in [4.78, 5) is 0.234. The molecule has 0 fully saturated rings. The fourth-order valence-electron chi connectivity index (χ4n) is 2.05. The summed E-state index contributed by atoms with van der Waals surface area (Å²) in [6.07, 6.45) is 1.84. The van der Waals surface area contributed by atoms with Gasteiger partial charge in [-0.3, -0.25) is 4.31 Å². The number of anilines is 1. The maximum atomic E-state index is 12.8. The van der Waals surface area contributed by atoms with Crippen molar-refractivity contribution in [3.05, 3.63) is 72.8 Å². The Morgan fingerprint density at radius 3 is 2.27 bits per heavy atom. The Balaban J connectivity index is 2.42. The Kier molecular flexibility index (Phi) is 4.97. The first-order valence-electron chi connectivity index (χ1n) is 6.74. The summed E-state index contributed by atoms with van der Waals surface area (Å²) in [5, 5.41) is 8.69. The lowest BCUT2D eigenvalue weighted by Crippen LogP contribution is -2.31. The number of rotatable bonds is 6. The van der Waals surface area contributed by atoms with Gasteiger partial charge in [0, 0.05) is 0 Å². The molecule has 0 atom stereocenters. The van der Waals surface area contributed by atoms with Crippen LogP contribution >= 0.6 is 0 Å². The van der Waals surface area contributed by atoms with Crippen LogP contribution in [0.15, 0.2) is 72.1 Å². The highest BCUT2D eigenvalue weighted by Gasteiger charge is 2.23. The molecule has 0 radical (unpaired) electrons. The summed E-state index contributed by atoms with van der Waals surface area (Å²) in [5.41, 5.74) is 1.40. The molecular formula is C17H16N2O2S. The molecule has 2 aromatic carbocycles. The Morgan fingerprint density at radius 1 is 1.09 bits per heavy atom. The van der Waals surface area contributed by atoms with Crippen LogP contribution in [0, 0.1) is 11.3 Å². The molecule has 112 valence electrons. The molecule has 22 heavy (non-hydrogen) atoms. The summed E-state index contributed by atoms with van der Waals surface area (Å²) >= 11 is 0. The first kappa shape index (κ1) is 15.8. The van der Waals surface area contributed by atoms with Gasteiger partial charge in [-0.15, -0.1) is 6.58 Å². The summed E-state index contributed by atoms with van der Waals surface area (Å²) in [5.74, 6) is 0. The van der Waals surface area contributed by atoms with Gasteiger partial charge < -0.3 is 0 Å². The van der Waals surface area contributed by atoms with Gasteiger partial charge in [0.25, 0.3) is 10.0 Å². The molecule has 2 aromatic rings. The molecule has 0 bridgehead atoms. The van der Waals surface area contributed by atoms with E-state index in [2.05, 4.69) is 12.6 Å². The van der Waals surface area contributed by atoms with Gasteiger partial charge >= 0.3 is 0 Å². The molecular weight excluding hydrogens is 296 g/mol. The topological polar surface area (TPSA) is 61.2 Å². The molecule has 0 heterocycles. The van der Waals surface area contributed by atoms with Crippen LogP contribution in [0.3, 0.4) is 0 Å². The van der Waals surface area contributed by atoms with Gasteiger partial charge in [0.1, 0.15) is 0 Å². The number of benzene rings is 2. The standard InChI is InChI=1S/C17H16N2O2S/c1-2-14-19(16-10-8-15(9-11-16)12-13-18)22(20,21)17-6-4-3-5-7-17/h2-11H,1,12,14H2. The van der Waals surface area contributed by atoms with Crippen LogP contribution in [0.2, 0.25) is 0 Å². The lowest BCUT2D eigenvalue weighted by Gasteiger charge is -2.23. The summed E-state index contributed by atoms with van der Waals surface area (Å²) in [6, 6.07) is 17.3. The monoisotopic (exact) mass is 312 g/mol. The third-order valence-electron chi connectivity index (χ3n) is 3.13. The van der Waals surface area contributed by atoms with Gasteiger partial charge in [-0.25, -0.2) is 8.42 Å². The highest BCUT2D eigenvalue weighted by Crippen LogP contribution is 2.24. The van der Waals surface area contributed by atoms with Crippen LogP contribution < -0.4 is 4.31 Å². The van der Waals surface area contributed by atoms with Crippen LogP contribution in [0.5, 0.6) is 0 Å². The highest BCUT2D eigenvalue weighted by atomic mass is 32.2. The van der Waals surface area contributed by atoms with Crippen LogP contribution in [0.4, 0.5) is 5.69 Å². The van der Waals surface area contributed by atoms with E-state index in [1.807, 2.05) is 0 Å². The first-order chi connectivity index (χ1) is 10.6. The average Bonchev–Trinajstić information content (AvgIpc) is 2.54. The second kappa shape index (κ2) is 6.92. The Morgan fingerprint density at radius 2 is 1.73 bits per heavy atom. The van der Waals surface area contributed by atoms with E-state index in [-0.39, 0.29) is 11.4 Å². The number of sulfonamides is 1. The molecule has 4 nitrogen and oxygen atoms in total. The van der Waals surface area contributed by atoms with Crippen LogP contribution in [0.1, 0.15) is 5.56 Å². The molecule has 0 aliphatic heterocycles. The summed E-state index contributed by atoms with van der Waals surface area (Å²) in [7, 11) is -3.64. The molecule has 0 amide bonds. The van der Waals surface area contributed by atoms with E-state index in [0.717, 1.165) is 5.56 Å². The first-order valence-corrected chi connectivity index (χ1v) is 8.18. The zero-order valence-corrected chi connectivity index (χ0v) is 12.8. The molecule has 0 N–H and O–H groups in total. The molecule has 0 saturated heterocycles. The van der Waals surface area contributed by atoms with Gasteiger partial charge in [0.2, 0.25) is 0 Å². The van der Waals surface area contributed by atoms with Crippen LogP contribution in [-0.4, -0.2) is 15.0 Å². The smallest absolute Gasteiger partial charge is 0.263 e. The van der Waals surface area contributed by atoms with Crippen molar-refractivity contribution in [2.45, 2.75) is 11.3 Å². The Labute approximate surface area is 131 Å². The second-order valence-corrected chi connectivity index (χ2v) is 6.50. The maximum absolute atomic E-state index is 12.8. The SMILES string of the molecule is C=CCN(c1ccc(CC#N)cc1)S(=O)(=O)c1ccccc1. The molecule has 0 unspecified atom stereocenters. The van der Waals surface area contributed by atoms with E-state index in [4.69, 9.17) is 5.26 Å². The molecule has 5 heteroatoms. The van der Waals surface area contributed by atoms with Crippen LogP contribution in [0.25, 0.3) is 0 Å². The van der Waals surface area contributed by atoms with Crippen molar-refractivity contribution in [3.8, 4) is 6.07 Å². The molecule has 2 rings (SSSR count). The second-order valence-electron chi connectivity index (χ2n) is 4.64. The third kappa shape index (κ3) is 3.35. The molecule has 0 aliphatic carbocycles. The summed E-state index contributed by atoms with van der Waals surface area (Å²) in [6.45, 7) is 3.81. The van der Waals surface area contributed by atoms with E-state index in [9.17, 15) is 8.42 Å². The highest BCUT2D eigenvalue weighted by molar-refractivity contribution is 7.92. The Hall–Kier alpha value is -2.58. The van der Waals surface area contributed by atoms with Crippen molar-refractivity contribution >= 4 is 15.7 Å². The van der Waals surface area contributed by atoms with Gasteiger partial charge in [-0.1, -0.05) is 36.4 Å². The number of nitriles is 1. The van der Waals surface area contributed by atoms with Crippen LogP contribution in [-0.2, 0) is 16.4 Å². The van der Waals surface area contributed by atoms with Crippen molar-refractivity contribution in [3.63, 3.8) is 0 Å². The maximum Gasteiger partial charge on any atom is 0.264 e. The number of hydrogen-bond donors (Lipinski definition) is 0. The van der Waals surface area contributed by atoms with Gasteiger partial charge in [0.15, 0.2) is 0 Å². The third-order valence-corrected chi connectivity index (χ3v) is 4.94. The zero-order chi connectivity index (χ0) is 16.0. The zero-order valence-electron chi connectivity index (χ0n) is 12.0. The molecule has 0 aromatic heterocycles. The minimum absolute atomic E-state index is 0.175. The van der Waals surface area contributed by atoms with Crippen molar-refractivity contribution in [1.29, 1.82) is 5.26 Å². The van der Waals surface area contributed by atoms with E-state index in [1.54, 1.807) is 60.7 Å².